The lowest BCUT2D eigenvalue weighted by Gasteiger charge is -2.02. The second-order valence-corrected chi connectivity index (χ2v) is 4.14. The van der Waals surface area contributed by atoms with Crippen LogP contribution in [0.5, 0.6) is 5.75 Å². The van der Waals surface area contributed by atoms with Crippen molar-refractivity contribution in [3.8, 4) is 5.75 Å². The third kappa shape index (κ3) is 4.06. The van der Waals surface area contributed by atoms with Gasteiger partial charge in [0.05, 0.1) is 6.42 Å². The molecule has 1 aromatic carbocycles. The largest absolute Gasteiger partial charge is 0.507 e. The van der Waals surface area contributed by atoms with Gasteiger partial charge >= 0.3 is 5.97 Å². The highest BCUT2D eigenvalue weighted by molar-refractivity contribution is 9.09. The monoisotopic (exact) mass is 284 g/mol. The fourth-order valence-corrected chi connectivity index (χ4v) is 1.56. The van der Waals surface area contributed by atoms with Crippen LogP contribution in [0.15, 0.2) is 24.3 Å². The van der Waals surface area contributed by atoms with Crippen molar-refractivity contribution in [1.29, 1.82) is 0 Å². The Morgan fingerprint density at radius 1 is 1.44 bits per heavy atom. The van der Waals surface area contributed by atoms with E-state index in [2.05, 4.69) is 15.9 Å². The van der Waals surface area contributed by atoms with E-state index in [0.29, 0.717) is 11.1 Å². The van der Waals surface area contributed by atoms with Crippen molar-refractivity contribution in [2.75, 3.05) is 5.33 Å². The molecule has 0 aliphatic heterocycles. The Balaban J connectivity index is 2.85. The summed E-state index contributed by atoms with van der Waals surface area (Å²) in [6, 6.07) is 4.82. The molecule has 0 spiro atoms. The molecule has 0 saturated carbocycles. The molecular weight excluding hydrogens is 272 g/mol. The number of benzene rings is 1. The first-order chi connectivity index (χ1) is 7.63. The maximum atomic E-state index is 10.5. The number of hydrogen-bond acceptors (Lipinski definition) is 2. The van der Waals surface area contributed by atoms with Crippen molar-refractivity contribution < 1.29 is 15.0 Å². The van der Waals surface area contributed by atoms with E-state index in [9.17, 15) is 9.90 Å². The van der Waals surface area contributed by atoms with Crippen LogP contribution < -0.4 is 0 Å². The molecule has 0 radical (unpaired) electrons. The van der Waals surface area contributed by atoms with Crippen LogP contribution in [0.2, 0.25) is 0 Å². The Hall–Kier alpha value is -1.29. The van der Waals surface area contributed by atoms with Crippen molar-refractivity contribution in [3.05, 3.63) is 35.4 Å². The number of alkyl halides is 1. The highest BCUT2D eigenvalue weighted by atomic mass is 79.9. The standard InChI is InChI=1S/C12H13BrO3/c13-6-2-1-3-10-7-9(8-12(15)16)4-5-11(10)14/h1,3-5,7,14H,2,6,8H2,(H,15,16). The van der Waals surface area contributed by atoms with Gasteiger partial charge in [-0.05, 0) is 24.1 Å². The van der Waals surface area contributed by atoms with Crippen LogP contribution in [0, 0.1) is 0 Å². The third-order valence-electron chi connectivity index (χ3n) is 2.02. The molecule has 0 saturated heterocycles. The first kappa shape index (κ1) is 12.8. The zero-order valence-electron chi connectivity index (χ0n) is 8.69. The number of hydrogen-bond donors (Lipinski definition) is 2. The predicted molar refractivity (Wildman–Crippen MR) is 66.9 cm³/mol. The molecule has 4 heteroatoms. The molecule has 0 aromatic heterocycles. The molecule has 0 fully saturated rings. The van der Waals surface area contributed by atoms with Gasteiger partial charge in [-0.1, -0.05) is 34.1 Å². The van der Waals surface area contributed by atoms with Crippen LogP contribution in [0.3, 0.4) is 0 Å². The van der Waals surface area contributed by atoms with E-state index in [1.54, 1.807) is 18.2 Å². The number of aliphatic carboxylic acids is 1. The first-order valence-corrected chi connectivity index (χ1v) is 6.02. The van der Waals surface area contributed by atoms with Gasteiger partial charge in [-0.2, -0.15) is 0 Å². The van der Waals surface area contributed by atoms with Crippen LogP contribution in [-0.4, -0.2) is 21.5 Å². The SMILES string of the molecule is O=C(O)Cc1ccc(O)c(C=CCCBr)c1. The molecule has 86 valence electrons. The van der Waals surface area contributed by atoms with Crippen molar-refractivity contribution in [2.24, 2.45) is 0 Å². The minimum absolute atomic E-state index is 0.0282. The predicted octanol–water partition coefficient (Wildman–Crippen LogP) is 2.82. The van der Waals surface area contributed by atoms with Crippen LogP contribution in [0.4, 0.5) is 0 Å². The Morgan fingerprint density at radius 2 is 2.19 bits per heavy atom. The lowest BCUT2D eigenvalue weighted by molar-refractivity contribution is -0.136. The van der Waals surface area contributed by atoms with Crippen LogP contribution in [-0.2, 0) is 11.2 Å². The molecule has 0 bridgehead atoms. The fraction of sp³-hybridized carbons (Fsp3) is 0.250. The fourth-order valence-electron chi connectivity index (χ4n) is 1.30. The summed E-state index contributed by atoms with van der Waals surface area (Å²) in [6.45, 7) is 0. The summed E-state index contributed by atoms with van der Waals surface area (Å²) in [5, 5.41) is 19.1. The number of carboxylic acids is 1. The molecule has 2 N–H and O–H groups in total. The summed E-state index contributed by atoms with van der Waals surface area (Å²) in [5.74, 6) is -0.707. The molecule has 0 atom stereocenters. The van der Waals surface area contributed by atoms with Crippen LogP contribution in [0.1, 0.15) is 17.5 Å². The highest BCUT2D eigenvalue weighted by Crippen LogP contribution is 2.20. The van der Waals surface area contributed by atoms with Gasteiger partial charge in [-0.15, -0.1) is 0 Å². The van der Waals surface area contributed by atoms with Crippen molar-refractivity contribution in [3.63, 3.8) is 0 Å². The number of carboxylic acid groups (broad SMARTS) is 1. The number of carbonyl (C=O) groups is 1. The average Bonchev–Trinajstić information content (AvgIpc) is 2.22. The number of rotatable bonds is 5. The van der Waals surface area contributed by atoms with E-state index in [0.717, 1.165) is 11.8 Å². The summed E-state index contributed by atoms with van der Waals surface area (Å²) >= 11 is 3.30. The van der Waals surface area contributed by atoms with Gasteiger partial charge in [0.15, 0.2) is 0 Å². The first-order valence-electron chi connectivity index (χ1n) is 4.89. The zero-order chi connectivity index (χ0) is 12.0. The van der Waals surface area contributed by atoms with E-state index in [4.69, 9.17) is 5.11 Å². The number of phenols is 1. The molecule has 0 unspecified atom stereocenters. The topological polar surface area (TPSA) is 57.5 Å². The number of aromatic hydroxyl groups is 1. The van der Waals surface area contributed by atoms with Gasteiger partial charge in [0, 0.05) is 10.9 Å². The Kier molecular flexibility index (Phi) is 5.05. The van der Waals surface area contributed by atoms with E-state index in [1.807, 2.05) is 6.08 Å². The van der Waals surface area contributed by atoms with Gasteiger partial charge < -0.3 is 10.2 Å². The van der Waals surface area contributed by atoms with Gasteiger partial charge in [0.1, 0.15) is 5.75 Å². The molecule has 3 nitrogen and oxygen atoms in total. The highest BCUT2D eigenvalue weighted by Gasteiger charge is 2.03. The summed E-state index contributed by atoms with van der Waals surface area (Å²) in [5.41, 5.74) is 1.34. The lowest BCUT2D eigenvalue weighted by atomic mass is 10.1. The molecule has 0 heterocycles. The Labute approximate surface area is 103 Å². The summed E-state index contributed by atoms with van der Waals surface area (Å²) in [7, 11) is 0. The maximum Gasteiger partial charge on any atom is 0.307 e. The Morgan fingerprint density at radius 3 is 2.81 bits per heavy atom. The van der Waals surface area contributed by atoms with E-state index in [1.165, 1.54) is 6.07 Å². The number of allylic oxidation sites excluding steroid dienone is 1. The third-order valence-corrected chi connectivity index (χ3v) is 2.48. The van der Waals surface area contributed by atoms with E-state index in [-0.39, 0.29) is 12.2 Å². The normalized spacial score (nSPS) is 10.8. The number of phenolic OH excluding ortho intramolecular Hbond substituents is 1. The number of halogens is 1. The molecule has 0 amide bonds. The van der Waals surface area contributed by atoms with Crippen LogP contribution >= 0.6 is 15.9 Å². The minimum Gasteiger partial charge on any atom is -0.507 e. The second-order valence-electron chi connectivity index (χ2n) is 3.34. The van der Waals surface area contributed by atoms with Crippen LogP contribution in [0.25, 0.3) is 6.08 Å². The minimum atomic E-state index is -0.874. The average molecular weight is 285 g/mol. The summed E-state index contributed by atoms with van der Waals surface area (Å²) in [4.78, 5) is 10.5. The summed E-state index contributed by atoms with van der Waals surface area (Å²) < 4.78 is 0. The second kappa shape index (κ2) is 6.33. The lowest BCUT2D eigenvalue weighted by Crippen LogP contribution is -1.99. The van der Waals surface area contributed by atoms with Crippen molar-refractivity contribution >= 4 is 28.0 Å². The van der Waals surface area contributed by atoms with Gasteiger partial charge in [-0.3, -0.25) is 4.79 Å². The molecule has 0 aliphatic rings. The van der Waals surface area contributed by atoms with E-state index >= 15 is 0 Å². The summed E-state index contributed by atoms with van der Waals surface area (Å²) in [6.07, 6.45) is 4.55. The zero-order valence-corrected chi connectivity index (χ0v) is 10.3. The van der Waals surface area contributed by atoms with Gasteiger partial charge in [0.25, 0.3) is 0 Å². The van der Waals surface area contributed by atoms with Crippen molar-refractivity contribution in [2.45, 2.75) is 12.8 Å². The smallest absolute Gasteiger partial charge is 0.307 e. The molecular formula is C12H13BrO3. The molecule has 16 heavy (non-hydrogen) atoms. The molecule has 1 rings (SSSR count). The quantitative estimate of drug-likeness (QED) is 0.818. The Bertz CT molecular complexity index is 399. The van der Waals surface area contributed by atoms with Crippen molar-refractivity contribution in [1.82, 2.24) is 0 Å². The maximum absolute atomic E-state index is 10.5. The van der Waals surface area contributed by atoms with E-state index < -0.39 is 5.97 Å². The van der Waals surface area contributed by atoms with Gasteiger partial charge in [0.2, 0.25) is 0 Å². The molecule has 1 aromatic rings. The van der Waals surface area contributed by atoms with Gasteiger partial charge in [-0.25, -0.2) is 0 Å². The molecule has 0 aliphatic carbocycles.